The van der Waals surface area contributed by atoms with Gasteiger partial charge in [0.05, 0.1) is 6.42 Å². The zero-order valence-corrected chi connectivity index (χ0v) is 15.0. The average Bonchev–Trinajstić information content (AvgIpc) is 2.96. The first kappa shape index (κ1) is 19.9. The van der Waals surface area contributed by atoms with Crippen LogP contribution in [-0.2, 0) is 16.0 Å². The molecule has 26 heavy (non-hydrogen) atoms. The first-order valence-corrected chi connectivity index (χ1v) is 8.65. The molecule has 0 radical (unpaired) electrons. The van der Waals surface area contributed by atoms with E-state index in [0.717, 1.165) is 4.88 Å². The average molecular weight is 385 g/mol. The molecule has 2 amide bonds. The quantitative estimate of drug-likeness (QED) is 0.777. The molecule has 0 atom stereocenters. The monoisotopic (exact) mass is 385 g/mol. The number of amides is 2. The van der Waals surface area contributed by atoms with Gasteiger partial charge < -0.3 is 10.6 Å². The van der Waals surface area contributed by atoms with Crippen LogP contribution in [0.1, 0.15) is 36.6 Å². The summed E-state index contributed by atoms with van der Waals surface area (Å²) in [5.74, 6) is -1.05. The van der Waals surface area contributed by atoms with Crippen LogP contribution in [0.5, 0.6) is 0 Å². The molecular weight excluding hydrogens is 367 g/mol. The summed E-state index contributed by atoms with van der Waals surface area (Å²) >= 11 is 1.41. The number of aromatic nitrogens is 1. The molecule has 140 valence electrons. The summed E-state index contributed by atoms with van der Waals surface area (Å²) in [6, 6.07) is 6.06. The molecule has 0 spiro atoms. The van der Waals surface area contributed by atoms with Crippen molar-refractivity contribution in [3.63, 3.8) is 0 Å². The van der Waals surface area contributed by atoms with Crippen LogP contribution in [0.3, 0.4) is 0 Å². The second kappa shape index (κ2) is 8.31. The van der Waals surface area contributed by atoms with E-state index in [2.05, 4.69) is 15.6 Å². The zero-order chi connectivity index (χ0) is 19.3. The van der Waals surface area contributed by atoms with E-state index >= 15 is 0 Å². The molecule has 5 nitrogen and oxygen atoms in total. The SMILES string of the molecule is CC(C)c1cnc(NC(=O)Cc2ccc(NC(=O)CC(F)(F)F)cc2)s1. The zero-order valence-electron chi connectivity index (χ0n) is 14.2. The standard InChI is InChI=1S/C17H18F3N3O2S/c1-10(2)13-9-21-16(26-13)23-14(24)7-11-3-5-12(6-4-11)22-15(25)8-17(18,19)20/h3-6,9-10H,7-8H2,1-2H3,(H,22,25)(H,21,23,24). The fraction of sp³-hybridized carbons (Fsp3) is 0.353. The first-order valence-electron chi connectivity index (χ1n) is 7.83. The van der Waals surface area contributed by atoms with Gasteiger partial charge in [-0.3, -0.25) is 9.59 Å². The van der Waals surface area contributed by atoms with Crippen molar-refractivity contribution >= 4 is 34.0 Å². The van der Waals surface area contributed by atoms with E-state index < -0.39 is 18.5 Å². The van der Waals surface area contributed by atoms with Crippen LogP contribution < -0.4 is 10.6 Å². The summed E-state index contributed by atoms with van der Waals surface area (Å²) in [7, 11) is 0. The van der Waals surface area contributed by atoms with Crippen molar-refractivity contribution in [2.45, 2.75) is 38.8 Å². The number of rotatable bonds is 6. The molecule has 0 aliphatic heterocycles. The highest BCUT2D eigenvalue weighted by Crippen LogP contribution is 2.25. The number of carbonyl (C=O) groups is 2. The maximum absolute atomic E-state index is 12.1. The summed E-state index contributed by atoms with van der Waals surface area (Å²) in [4.78, 5) is 28.5. The van der Waals surface area contributed by atoms with Gasteiger partial charge in [0.1, 0.15) is 6.42 Å². The number of thiazole rings is 1. The molecular formula is C17H18F3N3O2S. The van der Waals surface area contributed by atoms with E-state index in [1.807, 2.05) is 13.8 Å². The third kappa shape index (κ3) is 6.47. The molecule has 0 aliphatic rings. The lowest BCUT2D eigenvalue weighted by atomic mass is 10.1. The normalized spacial score (nSPS) is 11.5. The van der Waals surface area contributed by atoms with Crippen LogP contribution >= 0.6 is 11.3 Å². The maximum Gasteiger partial charge on any atom is 0.397 e. The van der Waals surface area contributed by atoms with E-state index in [9.17, 15) is 22.8 Å². The lowest BCUT2D eigenvalue weighted by Crippen LogP contribution is -2.21. The van der Waals surface area contributed by atoms with Crippen LogP contribution in [0.15, 0.2) is 30.5 Å². The Bertz CT molecular complexity index is 770. The van der Waals surface area contributed by atoms with Crippen molar-refractivity contribution in [1.82, 2.24) is 4.98 Å². The Morgan fingerprint density at radius 2 is 1.77 bits per heavy atom. The third-order valence-corrected chi connectivity index (χ3v) is 4.52. The van der Waals surface area contributed by atoms with Gasteiger partial charge in [-0.1, -0.05) is 26.0 Å². The Labute approximate surface area is 152 Å². The molecule has 0 saturated carbocycles. The van der Waals surface area contributed by atoms with E-state index in [0.29, 0.717) is 16.6 Å². The predicted octanol–water partition coefficient (Wildman–Crippen LogP) is 4.34. The van der Waals surface area contributed by atoms with Crippen molar-refractivity contribution in [2.24, 2.45) is 0 Å². The van der Waals surface area contributed by atoms with E-state index in [4.69, 9.17) is 0 Å². The van der Waals surface area contributed by atoms with Gasteiger partial charge >= 0.3 is 6.18 Å². The summed E-state index contributed by atoms with van der Waals surface area (Å²) in [6.07, 6.45) is -4.27. The minimum atomic E-state index is -4.55. The van der Waals surface area contributed by atoms with Crippen LogP contribution in [0.2, 0.25) is 0 Å². The predicted molar refractivity (Wildman–Crippen MR) is 94.3 cm³/mol. The summed E-state index contributed by atoms with van der Waals surface area (Å²) in [6.45, 7) is 4.07. The van der Waals surface area contributed by atoms with Crippen LogP contribution in [-0.4, -0.2) is 23.0 Å². The Morgan fingerprint density at radius 1 is 1.12 bits per heavy atom. The highest BCUT2D eigenvalue weighted by atomic mass is 32.1. The Morgan fingerprint density at radius 3 is 2.31 bits per heavy atom. The van der Waals surface area contributed by atoms with Gasteiger partial charge in [-0.2, -0.15) is 13.2 Å². The minimum absolute atomic E-state index is 0.0906. The molecule has 0 aliphatic carbocycles. The van der Waals surface area contributed by atoms with Crippen molar-refractivity contribution in [3.8, 4) is 0 Å². The van der Waals surface area contributed by atoms with E-state index in [-0.39, 0.29) is 18.0 Å². The van der Waals surface area contributed by atoms with Crippen LogP contribution in [0, 0.1) is 0 Å². The number of nitrogens with one attached hydrogen (secondary N) is 2. The highest BCUT2D eigenvalue weighted by Gasteiger charge is 2.31. The number of nitrogens with zero attached hydrogens (tertiary/aromatic N) is 1. The number of anilines is 2. The molecule has 1 aromatic heterocycles. The lowest BCUT2D eigenvalue weighted by molar-refractivity contribution is -0.150. The molecule has 0 bridgehead atoms. The molecule has 2 rings (SSSR count). The smallest absolute Gasteiger partial charge is 0.326 e. The van der Waals surface area contributed by atoms with Crippen molar-refractivity contribution in [1.29, 1.82) is 0 Å². The second-order valence-electron chi connectivity index (χ2n) is 5.98. The molecule has 9 heteroatoms. The fourth-order valence-corrected chi connectivity index (χ4v) is 2.89. The van der Waals surface area contributed by atoms with Gasteiger partial charge in [0.15, 0.2) is 5.13 Å². The Hall–Kier alpha value is -2.42. The summed E-state index contributed by atoms with van der Waals surface area (Å²) in [5, 5.41) is 5.40. The van der Waals surface area contributed by atoms with Crippen molar-refractivity contribution in [2.75, 3.05) is 10.6 Å². The number of carbonyl (C=O) groups excluding carboxylic acids is 2. The number of benzene rings is 1. The first-order chi connectivity index (χ1) is 12.1. The van der Waals surface area contributed by atoms with E-state index in [1.54, 1.807) is 18.3 Å². The van der Waals surface area contributed by atoms with Gasteiger partial charge in [-0.25, -0.2) is 4.98 Å². The molecule has 2 N–H and O–H groups in total. The second-order valence-corrected chi connectivity index (χ2v) is 7.05. The molecule has 0 fully saturated rings. The highest BCUT2D eigenvalue weighted by molar-refractivity contribution is 7.15. The minimum Gasteiger partial charge on any atom is -0.326 e. The number of halogens is 3. The largest absolute Gasteiger partial charge is 0.397 e. The van der Waals surface area contributed by atoms with Crippen LogP contribution in [0.25, 0.3) is 0 Å². The summed E-state index contributed by atoms with van der Waals surface area (Å²) in [5.41, 5.74) is 0.905. The maximum atomic E-state index is 12.1. The number of hydrogen-bond acceptors (Lipinski definition) is 4. The van der Waals surface area contributed by atoms with Gasteiger partial charge in [0, 0.05) is 16.8 Å². The molecule has 1 heterocycles. The fourth-order valence-electron chi connectivity index (χ4n) is 2.05. The molecule has 0 saturated heterocycles. The van der Waals surface area contributed by atoms with Crippen molar-refractivity contribution < 1.29 is 22.8 Å². The van der Waals surface area contributed by atoms with Crippen molar-refractivity contribution in [3.05, 3.63) is 40.9 Å². The lowest BCUT2D eigenvalue weighted by Gasteiger charge is -2.08. The topological polar surface area (TPSA) is 71.1 Å². The molecule has 1 aromatic carbocycles. The van der Waals surface area contributed by atoms with Gasteiger partial charge in [-0.05, 0) is 23.6 Å². The summed E-state index contributed by atoms with van der Waals surface area (Å²) < 4.78 is 36.4. The molecule has 0 unspecified atom stereocenters. The third-order valence-electron chi connectivity index (χ3n) is 3.30. The van der Waals surface area contributed by atoms with Gasteiger partial charge in [-0.15, -0.1) is 11.3 Å². The van der Waals surface area contributed by atoms with Gasteiger partial charge in [0.25, 0.3) is 0 Å². The molecule has 2 aromatic rings. The number of hydrogen-bond donors (Lipinski definition) is 2. The Balaban J connectivity index is 1.87. The van der Waals surface area contributed by atoms with Crippen LogP contribution in [0.4, 0.5) is 24.0 Å². The Kier molecular flexibility index (Phi) is 6.36. The number of alkyl halides is 3. The van der Waals surface area contributed by atoms with E-state index in [1.165, 1.54) is 23.5 Å². The van der Waals surface area contributed by atoms with Gasteiger partial charge in [0.2, 0.25) is 11.8 Å².